The number of carbonyl (C=O) groups excluding carboxylic acids is 1. The van der Waals surface area contributed by atoms with E-state index >= 15 is 0 Å². The number of carbonyl (C=O) groups is 1. The van der Waals surface area contributed by atoms with E-state index in [4.69, 9.17) is 4.74 Å². The van der Waals surface area contributed by atoms with E-state index in [0.29, 0.717) is 5.56 Å². The molecule has 0 aliphatic heterocycles. The van der Waals surface area contributed by atoms with Gasteiger partial charge in [-0.2, -0.15) is 0 Å². The molecule has 7 nitrogen and oxygen atoms in total. The third-order valence-electron chi connectivity index (χ3n) is 4.32. The average Bonchev–Trinajstić information content (AvgIpc) is 2.67. The van der Waals surface area contributed by atoms with Crippen LogP contribution in [0.5, 0.6) is 0 Å². The Kier molecular flexibility index (Phi) is 8.33. The summed E-state index contributed by atoms with van der Waals surface area (Å²) in [6.07, 6.45) is 0. The van der Waals surface area contributed by atoms with Gasteiger partial charge in [0.05, 0.1) is 25.6 Å². The maximum Gasteiger partial charge on any atom is 0.251 e. The van der Waals surface area contributed by atoms with Crippen molar-refractivity contribution in [2.45, 2.75) is 23.9 Å². The lowest BCUT2D eigenvalue weighted by Gasteiger charge is -2.21. The highest BCUT2D eigenvalue weighted by Crippen LogP contribution is 2.14. The molecule has 0 radical (unpaired) electrons. The minimum absolute atomic E-state index is 0.106. The average molecular weight is 421 g/mol. The number of methoxy groups -OCH3 is 1. The van der Waals surface area contributed by atoms with Crippen molar-refractivity contribution < 1.29 is 22.8 Å². The van der Waals surface area contributed by atoms with Crippen molar-refractivity contribution in [2.75, 3.05) is 34.4 Å². The van der Waals surface area contributed by atoms with Gasteiger partial charge in [-0.25, -0.2) is 13.1 Å². The van der Waals surface area contributed by atoms with Crippen molar-refractivity contribution in [1.82, 2.24) is 10.0 Å². The molecule has 2 atom stereocenters. The van der Waals surface area contributed by atoms with Crippen LogP contribution >= 0.6 is 0 Å². The summed E-state index contributed by atoms with van der Waals surface area (Å²) in [5.41, 5.74) is 1.43. The van der Waals surface area contributed by atoms with Crippen LogP contribution in [0.4, 0.5) is 0 Å². The molecule has 2 rings (SSSR count). The van der Waals surface area contributed by atoms with Crippen LogP contribution in [-0.2, 0) is 14.8 Å². The van der Waals surface area contributed by atoms with Crippen molar-refractivity contribution in [3.05, 3.63) is 65.7 Å². The molecular weight excluding hydrogens is 390 g/mol. The smallest absolute Gasteiger partial charge is 0.251 e. The number of sulfonamides is 1. The summed E-state index contributed by atoms with van der Waals surface area (Å²) in [6.45, 7) is 2.72. The van der Waals surface area contributed by atoms with Crippen molar-refractivity contribution in [3.63, 3.8) is 0 Å². The number of rotatable bonds is 10. The van der Waals surface area contributed by atoms with Crippen molar-refractivity contribution in [3.8, 4) is 0 Å². The first-order valence-electron chi connectivity index (χ1n) is 9.49. The number of hydrogen-bond donors (Lipinski definition) is 3. The lowest BCUT2D eigenvalue weighted by atomic mass is 10.1. The Balaban J connectivity index is 2.12. The predicted octanol–water partition coefficient (Wildman–Crippen LogP) is 0.615. The molecule has 8 heteroatoms. The van der Waals surface area contributed by atoms with Gasteiger partial charge in [-0.05, 0) is 36.8 Å². The number of hydrogen-bond acceptors (Lipinski definition) is 4. The molecule has 2 aromatic rings. The fourth-order valence-electron chi connectivity index (χ4n) is 2.99. The zero-order chi connectivity index (χ0) is 21.4. The molecular formula is C21H30N3O4S+. The summed E-state index contributed by atoms with van der Waals surface area (Å²) in [6, 6.07) is 15.2. The van der Waals surface area contributed by atoms with E-state index in [1.165, 1.54) is 36.3 Å². The highest BCUT2D eigenvalue weighted by molar-refractivity contribution is 7.89. The molecule has 0 unspecified atom stereocenters. The van der Waals surface area contributed by atoms with E-state index in [9.17, 15) is 13.2 Å². The standard InChI is InChI=1S/C21H29N3O4S/c1-16(15-28-4)23-29(26,27)19-12-10-18(11-13-19)21(25)22-20(14-24(2)3)17-8-6-5-7-9-17/h5-13,16,20,23H,14-15H2,1-4H3,(H,22,25)/p+1/t16-,20+/m0/s1. The summed E-state index contributed by atoms with van der Waals surface area (Å²) in [4.78, 5) is 14.0. The molecule has 0 bridgehead atoms. The first kappa shape index (κ1) is 23.0. The fraction of sp³-hybridized carbons (Fsp3) is 0.381. The van der Waals surface area contributed by atoms with Gasteiger partial charge in [0.2, 0.25) is 10.0 Å². The van der Waals surface area contributed by atoms with Gasteiger partial charge in [0.15, 0.2) is 0 Å². The van der Waals surface area contributed by atoms with Gasteiger partial charge in [-0.1, -0.05) is 30.3 Å². The number of amides is 1. The Morgan fingerprint density at radius 1 is 1.07 bits per heavy atom. The second kappa shape index (κ2) is 10.5. The van der Waals surface area contributed by atoms with Crippen molar-refractivity contribution >= 4 is 15.9 Å². The highest BCUT2D eigenvalue weighted by atomic mass is 32.2. The van der Waals surface area contributed by atoms with Gasteiger partial charge >= 0.3 is 0 Å². The van der Waals surface area contributed by atoms with Crippen LogP contribution in [0.25, 0.3) is 0 Å². The molecule has 0 aromatic heterocycles. The van der Waals surface area contributed by atoms with E-state index in [-0.39, 0.29) is 29.5 Å². The highest BCUT2D eigenvalue weighted by Gasteiger charge is 2.20. The lowest BCUT2D eigenvalue weighted by Crippen LogP contribution is -3.06. The molecule has 0 aliphatic carbocycles. The molecule has 158 valence electrons. The van der Waals surface area contributed by atoms with Crippen LogP contribution in [0, 0.1) is 0 Å². The first-order valence-corrected chi connectivity index (χ1v) is 11.0. The first-order chi connectivity index (χ1) is 13.7. The molecule has 29 heavy (non-hydrogen) atoms. The van der Waals surface area contributed by atoms with Crippen LogP contribution < -0.4 is 14.9 Å². The number of benzene rings is 2. The molecule has 3 N–H and O–H groups in total. The molecule has 0 fully saturated rings. The second-order valence-corrected chi connectivity index (χ2v) is 9.06. The van der Waals surface area contributed by atoms with E-state index in [1.54, 1.807) is 6.92 Å². The Hall–Kier alpha value is -2.26. The summed E-state index contributed by atoms with van der Waals surface area (Å²) < 4.78 is 32.3. The maximum absolute atomic E-state index is 12.7. The van der Waals surface area contributed by atoms with Crippen molar-refractivity contribution in [1.29, 1.82) is 0 Å². The Morgan fingerprint density at radius 2 is 1.69 bits per heavy atom. The van der Waals surface area contributed by atoms with E-state index in [2.05, 4.69) is 10.0 Å². The topological polar surface area (TPSA) is 88.9 Å². The third kappa shape index (κ3) is 6.93. The molecule has 1 amide bonds. The van der Waals surface area contributed by atoms with E-state index in [0.717, 1.165) is 12.1 Å². The maximum atomic E-state index is 12.7. The Morgan fingerprint density at radius 3 is 2.24 bits per heavy atom. The van der Waals surface area contributed by atoms with Gasteiger partial charge in [0.25, 0.3) is 5.91 Å². The van der Waals surface area contributed by atoms with Crippen LogP contribution in [0.2, 0.25) is 0 Å². The molecule has 0 saturated heterocycles. The monoisotopic (exact) mass is 420 g/mol. The van der Waals surface area contributed by atoms with E-state index < -0.39 is 10.0 Å². The quantitative estimate of drug-likeness (QED) is 0.526. The molecule has 0 heterocycles. The van der Waals surface area contributed by atoms with Crippen LogP contribution in [0.1, 0.15) is 28.9 Å². The number of likely N-dealkylation sites (N-methyl/N-ethyl adjacent to an activating group) is 1. The summed E-state index contributed by atoms with van der Waals surface area (Å²) in [5, 5.41) is 3.05. The lowest BCUT2D eigenvalue weighted by molar-refractivity contribution is -0.860. The second-order valence-electron chi connectivity index (χ2n) is 7.35. The molecule has 0 aliphatic rings. The zero-order valence-corrected chi connectivity index (χ0v) is 18.1. The minimum Gasteiger partial charge on any atom is -0.383 e. The SMILES string of the molecule is COC[C@H](C)NS(=O)(=O)c1ccc(C(=O)N[C@H](C[NH+](C)C)c2ccccc2)cc1. The van der Waals surface area contributed by atoms with Crippen LogP contribution in [-0.4, -0.2) is 54.7 Å². The zero-order valence-electron chi connectivity index (χ0n) is 17.3. The van der Waals surface area contributed by atoms with Crippen LogP contribution in [0.3, 0.4) is 0 Å². The summed E-state index contributed by atoms with van der Waals surface area (Å²) in [7, 11) is 1.90. The van der Waals surface area contributed by atoms with Gasteiger partial charge in [0.1, 0.15) is 12.6 Å². The molecule has 2 aromatic carbocycles. The van der Waals surface area contributed by atoms with Crippen molar-refractivity contribution in [2.24, 2.45) is 0 Å². The molecule has 0 saturated carbocycles. The van der Waals surface area contributed by atoms with E-state index in [1.807, 2.05) is 44.4 Å². The predicted molar refractivity (Wildman–Crippen MR) is 112 cm³/mol. The summed E-state index contributed by atoms with van der Waals surface area (Å²) >= 11 is 0. The Bertz CT molecular complexity index is 884. The fourth-order valence-corrected chi connectivity index (χ4v) is 4.22. The van der Waals surface area contributed by atoms with Gasteiger partial charge < -0.3 is 15.0 Å². The number of quaternary nitrogens is 1. The minimum atomic E-state index is -3.67. The molecule has 0 spiro atoms. The van der Waals surface area contributed by atoms with Gasteiger partial charge in [-0.3, -0.25) is 4.79 Å². The normalized spacial score (nSPS) is 13.8. The van der Waals surface area contributed by atoms with Crippen LogP contribution in [0.15, 0.2) is 59.5 Å². The number of nitrogens with one attached hydrogen (secondary N) is 3. The number of ether oxygens (including phenoxy) is 1. The Labute approximate surface area is 173 Å². The summed E-state index contributed by atoms with van der Waals surface area (Å²) in [5.74, 6) is -0.246. The third-order valence-corrected chi connectivity index (χ3v) is 5.92. The van der Waals surface area contributed by atoms with Gasteiger partial charge in [0, 0.05) is 18.7 Å². The van der Waals surface area contributed by atoms with Gasteiger partial charge in [-0.15, -0.1) is 0 Å². The largest absolute Gasteiger partial charge is 0.383 e.